The Morgan fingerprint density at radius 3 is 2.71 bits per heavy atom. The van der Waals surface area contributed by atoms with Crippen molar-refractivity contribution in [1.29, 1.82) is 5.26 Å². The van der Waals surface area contributed by atoms with Crippen LogP contribution in [0.15, 0.2) is 22.7 Å². The molecule has 6 heteroatoms. The lowest BCUT2D eigenvalue weighted by Crippen LogP contribution is -2.32. The highest BCUT2D eigenvalue weighted by atomic mass is 79.9. The maximum absolute atomic E-state index is 12.4. The molecule has 92 valence electrons. The summed E-state index contributed by atoms with van der Waals surface area (Å²) in [4.78, 5) is 1.30. The van der Waals surface area contributed by atoms with Gasteiger partial charge < -0.3 is 10.0 Å². The molecule has 1 rings (SSSR count). The Kier molecular flexibility index (Phi) is 5.32. The second kappa shape index (κ2) is 6.52. The summed E-state index contributed by atoms with van der Waals surface area (Å²) in [5, 5.41) is 17.8. The van der Waals surface area contributed by atoms with Gasteiger partial charge in [0.05, 0.1) is 24.4 Å². The fourth-order valence-electron chi connectivity index (χ4n) is 1.46. The van der Waals surface area contributed by atoms with Crippen molar-refractivity contribution < 1.29 is 13.9 Å². The summed E-state index contributed by atoms with van der Waals surface area (Å²) in [6, 6.07) is 6.76. The van der Waals surface area contributed by atoms with Crippen LogP contribution in [0.2, 0.25) is 0 Å². The second-order valence-electron chi connectivity index (χ2n) is 3.33. The first-order valence-electron chi connectivity index (χ1n) is 4.92. The van der Waals surface area contributed by atoms with Crippen LogP contribution >= 0.6 is 15.9 Å². The lowest BCUT2D eigenvalue weighted by Gasteiger charge is -2.24. The van der Waals surface area contributed by atoms with Crippen LogP contribution in [-0.4, -0.2) is 31.2 Å². The Hall–Kier alpha value is -1.19. The van der Waals surface area contributed by atoms with E-state index in [4.69, 9.17) is 10.4 Å². The number of aliphatic hydroxyl groups is 1. The monoisotopic (exact) mass is 304 g/mol. The summed E-state index contributed by atoms with van der Waals surface area (Å²) in [6.07, 6.45) is -2.52. The standard InChI is InChI=1S/C11H11BrF2N2O/c12-9-2-1-8(6-15)10(5-9)16(3-4-17)7-11(13)14/h1-2,5,11,17H,3-4,7H2. The minimum absolute atomic E-state index is 0.0650. The van der Waals surface area contributed by atoms with Gasteiger partial charge in [-0.1, -0.05) is 15.9 Å². The number of aliphatic hydroxyl groups excluding tert-OH is 1. The minimum atomic E-state index is -2.52. The largest absolute Gasteiger partial charge is 0.395 e. The van der Waals surface area contributed by atoms with Crippen molar-refractivity contribution in [3.8, 4) is 6.07 Å². The van der Waals surface area contributed by atoms with Gasteiger partial charge in [0.1, 0.15) is 6.07 Å². The normalized spacial score (nSPS) is 10.4. The molecule has 1 N–H and O–H groups in total. The fraction of sp³-hybridized carbons (Fsp3) is 0.364. The molecule has 0 spiro atoms. The van der Waals surface area contributed by atoms with Gasteiger partial charge in [-0.05, 0) is 18.2 Å². The number of alkyl halides is 2. The van der Waals surface area contributed by atoms with E-state index in [1.54, 1.807) is 18.2 Å². The molecule has 0 atom stereocenters. The van der Waals surface area contributed by atoms with E-state index in [2.05, 4.69) is 15.9 Å². The topological polar surface area (TPSA) is 47.3 Å². The van der Waals surface area contributed by atoms with Crippen LogP contribution in [0.4, 0.5) is 14.5 Å². The molecule has 0 aromatic heterocycles. The summed E-state index contributed by atoms with van der Waals surface area (Å²) >= 11 is 3.23. The van der Waals surface area contributed by atoms with Crippen LogP contribution in [0.5, 0.6) is 0 Å². The molecular weight excluding hydrogens is 294 g/mol. The van der Waals surface area contributed by atoms with Crippen molar-refractivity contribution in [2.75, 3.05) is 24.6 Å². The van der Waals surface area contributed by atoms with Gasteiger partial charge in [0.15, 0.2) is 0 Å². The van der Waals surface area contributed by atoms with Gasteiger partial charge in [-0.2, -0.15) is 5.26 Å². The Balaban J connectivity index is 3.07. The maximum atomic E-state index is 12.4. The van der Waals surface area contributed by atoms with Crippen molar-refractivity contribution in [2.24, 2.45) is 0 Å². The highest BCUT2D eigenvalue weighted by molar-refractivity contribution is 9.10. The molecule has 1 aromatic rings. The molecule has 17 heavy (non-hydrogen) atoms. The van der Waals surface area contributed by atoms with E-state index in [1.807, 2.05) is 6.07 Å². The smallest absolute Gasteiger partial charge is 0.255 e. The summed E-state index contributed by atoms with van der Waals surface area (Å²) in [5.41, 5.74) is 0.707. The lowest BCUT2D eigenvalue weighted by atomic mass is 10.1. The predicted molar refractivity (Wildman–Crippen MR) is 64.2 cm³/mol. The summed E-state index contributed by atoms with van der Waals surface area (Å²) < 4.78 is 25.5. The zero-order valence-corrected chi connectivity index (χ0v) is 10.5. The van der Waals surface area contributed by atoms with Gasteiger partial charge in [0.25, 0.3) is 6.43 Å². The molecule has 0 saturated carbocycles. The van der Waals surface area contributed by atoms with Gasteiger partial charge in [0, 0.05) is 11.0 Å². The molecule has 1 aromatic carbocycles. The second-order valence-corrected chi connectivity index (χ2v) is 4.25. The van der Waals surface area contributed by atoms with E-state index >= 15 is 0 Å². The molecule has 0 saturated heterocycles. The molecule has 0 aliphatic heterocycles. The van der Waals surface area contributed by atoms with Crippen molar-refractivity contribution >= 4 is 21.6 Å². The van der Waals surface area contributed by atoms with Crippen LogP contribution < -0.4 is 4.90 Å². The Bertz CT molecular complexity index is 420. The summed E-state index contributed by atoms with van der Waals surface area (Å²) in [7, 11) is 0. The molecule has 0 amide bonds. The Morgan fingerprint density at radius 2 is 2.18 bits per heavy atom. The zero-order valence-electron chi connectivity index (χ0n) is 8.91. The number of hydrogen-bond donors (Lipinski definition) is 1. The number of anilines is 1. The zero-order chi connectivity index (χ0) is 12.8. The Labute approximate surface area is 106 Å². The minimum Gasteiger partial charge on any atom is -0.395 e. The van der Waals surface area contributed by atoms with Gasteiger partial charge in [-0.15, -0.1) is 0 Å². The summed E-state index contributed by atoms with van der Waals surface area (Å²) in [5.74, 6) is 0. The van der Waals surface area contributed by atoms with Crippen molar-refractivity contribution in [3.63, 3.8) is 0 Å². The molecule has 0 radical (unpaired) electrons. The van der Waals surface area contributed by atoms with Gasteiger partial charge in [-0.25, -0.2) is 8.78 Å². The van der Waals surface area contributed by atoms with E-state index in [1.165, 1.54) is 4.90 Å². The highest BCUT2D eigenvalue weighted by Crippen LogP contribution is 2.25. The average Bonchev–Trinajstić information content (AvgIpc) is 2.28. The van der Waals surface area contributed by atoms with Crippen LogP contribution in [0.1, 0.15) is 5.56 Å². The predicted octanol–water partition coefficient (Wildman–Crippen LogP) is 2.38. The SMILES string of the molecule is N#Cc1ccc(Br)cc1N(CCO)CC(F)F. The highest BCUT2D eigenvalue weighted by Gasteiger charge is 2.15. The number of nitriles is 1. The van der Waals surface area contributed by atoms with E-state index < -0.39 is 13.0 Å². The summed E-state index contributed by atoms with van der Waals surface area (Å²) in [6.45, 7) is -0.689. The maximum Gasteiger partial charge on any atom is 0.255 e. The third-order valence-corrected chi connectivity index (χ3v) is 2.64. The Morgan fingerprint density at radius 1 is 1.47 bits per heavy atom. The molecule has 0 unspecified atom stereocenters. The van der Waals surface area contributed by atoms with Crippen LogP contribution in [0, 0.1) is 11.3 Å². The van der Waals surface area contributed by atoms with Crippen molar-refractivity contribution in [2.45, 2.75) is 6.43 Å². The third-order valence-electron chi connectivity index (χ3n) is 2.15. The van der Waals surface area contributed by atoms with E-state index in [0.717, 1.165) is 0 Å². The molecule has 0 aliphatic rings. The molecule has 0 fully saturated rings. The number of rotatable bonds is 5. The first kappa shape index (κ1) is 13.9. The molecule has 0 bridgehead atoms. The first-order valence-corrected chi connectivity index (χ1v) is 5.71. The van der Waals surface area contributed by atoms with Crippen LogP contribution in [0.25, 0.3) is 0 Å². The van der Waals surface area contributed by atoms with Crippen LogP contribution in [0.3, 0.4) is 0 Å². The number of hydrogen-bond acceptors (Lipinski definition) is 3. The third kappa shape index (κ3) is 3.95. The molecule has 0 heterocycles. The van der Waals surface area contributed by atoms with Gasteiger partial charge in [0.2, 0.25) is 0 Å². The lowest BCUT2D eigenvalue weighted by molar-refractivity contribution is 0.153. The van der Waals surface area contributed by atoms with E-state index in [0.29, 0.717) is 15.7 Å². The van der Waals surface area contributed by atoms with Crippen molar-refractivity contribution in [1.82, 2.24) is 0 Å². The molecule has 0 aliphatic carbocycles. The molecule has 3 nitrogen and oxygen atoms in total. The number of nitrogens with zero attached hydrogens (tertiary/aromatic N) is 2. The van der Waals surface area contributed by atoms with Crippen LogP contribution in [-0.2, 0) is 0 Å². The first-order chi connectivity index (χ1) is 8.08. The van der Waals surface area contributed by atoms with E-state index in [9.17, 15) is 8.78 Å². The average molecular weight is 305 g/mol. The fourth-order valence-corrected chi connectivity index (χ4v) is 1.81. The number of benzene rings is 1. The quantitative estimate of drug-likeness (QED) is 0.908. The van der Waals surface area contributed by atoms with Gasteiger partial charge >= 0.3 is 0 Å². The van der Waals surface area contributed by atoms with E-state index in [-0.39, 0.29) is 13.2 Å². The van der Waals surface area contributed by atoms with Crippen molar-refractivity contribution in [3.05, 3.63) is 28.2 Å². The number of halogens is 3. The van der Waals surface area contributed by atoms with Gasteiger partial charge in [-0.3, -0.25) is 0 Å². The molecular formula is C11H11BrF2N2O.